The van der Waals surface area contributed by atoms with Crippen molar-refractivity contribution in [2.45, 2.75) is 39.7 Å². The van der Waals surface area contributed by atoms with Crippen LogP contribution >= 0.6 is 0 Å². The largest absolute Gasteiger partial charge is 0.493 e. The minimum atomic E-state index is 0.180. The molecule has 1 aliphatic heterocycles. The van der Waals surface area contributed by atoms with Crippen LogP contribution in [0.25, 0.3) is 0 Å². The third kappa shape index (κ3) is 2.84. The van der Waals surface area contributed by atoms with Crippen molar-refractivity contribution in [3.8, 4) is 5.75 Å². The molecule has 2 heterocycles. The fourth-order valence-corrected chi connectivity index (χ4v) is 3.11. The minimum absolute atomic E-state index is 0.180. The van der Waals surface area contributed by atoms with Crippen molar-refractivity contribution in [3.05, 3.63) is 52.5 Å². The Morgan fingerprint density at radius 3 is 2.81 bits per heavy atom. The van der Waals surface area contributed by atoms with Gasteiger partial charge in [-0.1, -0.05) is 19.1 Å². The molecule has 112 valence electrons. The summed E-state index contributed by atoms with van der Waals surface area (Å²) < 4.78 is 11.4. The predicted octanol–water partition coefficient (Wildman–Crippen LogP) is 3.92. The summed E-state index contributed by atoms with van der Waals surface area (Å²) >= 11 is 0. The molecule has 0 saturated carbocycles. The van der Waals surface area contributed by atoms with Crippen LogP contribution in [0.5, 0.6) is 5.75 Å². The Morgan fingerprint density at radius 1 is 1.24 bits per heavy atom. The van der Waals surface area contributed by atoms with E-state index in [1.54, 1.807) is 0 Å². The van der Waals surface area contributed by atoms with Gasteiger partial charge >= 0.3 is 0 Å². The Balaban J connectivity index is 1.99. The van der Waals surface area contributed by atoms with Crippen LogP contribution in [0.15, 0.2) is 28.7 Å². The van der Waals surface area contributed by atoms with E-state index in [0.717, 1.165) is 43.3 Å². The Bertz CT molecular complexity index is 630. The number of fused-ring (bicyclic) bond motifs is 1. The van der Waals surface area contributed by atoms with Gasteiger partial charge in [0.1, 0.15) is 17.3 Å². The van der Waals surface area contributed by atoms with Gasteiger partial charge in [0.25, 0.3) is 0 Å². The number of hydrogen-bond donors (Lipinski definition) is 1. The average Bonchev–Trinajstić information content (AvgIpc) is 2.83. The maximum absolute atomic E-state index is 5.71. The molecule has 1 N–H and O–H groups in total. The highest BCUT2D eigenvalue weighted by molar-refractivity contribution is 5.43. The maximum Gasteiger partial charge on any atom is 0.122 e. The first-order valence-corrected chi connectivity index (χ1v) is 7.75. The molecular formula is C18H23NO2. The lowest BCUT2D eigenvalue weighted by Gasteiger charge is -2.22. The summed E-state index contributed by atoms with van der Waals surface area (Å²) in [6.45, 7) is 7.93. The van der Waals surface area contributed by atoms with E-state index in [1.165, 1.54) is 16.7 Å². The number of hydrogen-bond acceptors (Lipinski definition) is 3. The highest BCUT2D eigenvalue weighted by atomic mass is 16.5. The van der Waals surface area contributed by atoms with Crippen molar-refractivity contribution in [2.75, 3.05) is 13.2 Å². The van der Waals surface area contributed by atoms with Gasteiger partial charge in [0.05, 0.1) is 12.6 Å². The Hall–Kier alpha value is -1.74. The molecule has 1 unspecified atom stereocenters. The van der Waals surface area contributed by atoms with Gasteiger partial charge in [-0.05, 0) is 56.5 Å². The van der Waals surface area contributed by atoms with Crippen LogP contribution in [0.1, 0.15) is 47.6 Å². The van der Waals surface area contributed by atoms with Crippen molar-refractivity contribution in [1.82, 2.24) is 5.32 Å². The van der Waals surface area contributed by atoms with Crippen LogP contribution in [0.4, 0.5) is 0 Å². The second kappa shape index (κ2) is 5.94. The molecule has 0 fully saturated rings. The van der Waals surface area contributed by atoms with Gasteiger partial charge in [-0.2, -0.15) is 0 Å². The lowest BCUT2D eigenvalue weighted by atomic mass is 9.95. The normalized spacial score (nSPS) is 15.4. The number of aryl methyl sites for hydroxylation is 3. The van der Waals surface area contributed by atoms with Crippen LogP contribution < -0.4 is 10.1 Å². The van der Waals surface area contributed by atoms with E-state index in [9.17, 15) is 0 Å². The zero-order chi connectivity index (χ0) is 14.8. The third-order valence-electron chi connectivity index (χ3n) is 4.06. The highest BCUT2D eigenvalue weighted by Crippen LogP contribution is 2.32. The Kier molecular flexibility index (Phi) is 4.02. The Morgan fingerprint density at radius 2 is 2.10 bits per heavy atom. The van der Waals surface area contributed by atoms with Gasteiger partial charge < -0.3 is 14.5 Å². The van der Waals surface area contributed by atoms with Crippen molar-refractivity contribution < 1.29 is 9.15 Å². The van der Waals surface area contributed by atoms with Crippen LogP contribution in [-0.2, 0) is 6.42 Å². The van der Waals surface area contributed by atoms with E-state index in [1.807, 2.05) is 13.8 Å². The first kappa shape index (κ1) is 14.2. The van der Waals surface area contributed by atoms with E-state index >= 15 is 0 Å². The fourth-order valence-electron chi connectivity index (χ4n) is 3.11. The van der Waals surface area contributed by atoms with Gasteiger partial charge in [-0.3, -0.25) is 0 Å². The Labute approximate surface area is 126 Å². The monoisotopic (exact) mass is 285 g/mol. The summed E-state index contributed by atoms with van der Waals surface area (Å²) in [5.41, 5.74) is 3.83. The number of rotatable bonds is 4. The summed E-state index contributed by atoms with van der Waals surface area (Å²) in [7, 11) is 0. The molecule has 2 aromatic rings. The van der Waals surface area contributed by atoms with Crippen LogP contribution in [0, 0.1) is 13.8 Å². The summed E-state index contributed by atoms with van der Waals surface area (Å²) in [5, 5.41) is 3.58. The van der Waals surface area contributed by atoms with E-state index < -0.39 is 0 Å². The molecule has 1 aromatic carbocycles. The SMILES string of the molecule is CCNC(c1ccc2c(c1)CCCO2)c1cc(C)oc1C. The molecule has 0 radical (unpaired) electrons. The van der Waals surface area contributed by atoms with Gasteiger partial charge in [0, 0.05) is 5.56 Å². The van der Waals surface area contributed by atoms with Crippen molar-refractivity contribution in [3.63, 3.8) is 0 Å². The van der Waals surface area contributed by atoms with Gasteiger partial charge in [0.15, 0.2) is 0 Å². The van der Waals surface area contributed by atoms with Crippen molar-refractivity contribution in [2.24, 2.45) is 0 Å². The van der Waals surface area contributed by atoms with E-state index in [2.05, 4.69) is 36.5 Å². The average molecular weight is 285 g/mol. The maximum atomic E-state index is 5.71. The standard InChI is InChI=1S/C18H23NO2/c1-4-19-18(16-10-12(2)21-13(16)3)15-7-8-17-14(11-15)6-5-9-20-17/h7-8,10-11,18-19H,4-6,9H2,1-3H3. The molecular weight excluding hydrogens is 262 g/mol. The van der Waals surface area contributed by atoms with Crippen molar-refractivity contribution in [1.29, 1.82) is 0 Å². The fraction of sp³-hybridized carbons (Fsp3) is 0.444. The zero-order valence-corrected chi connectivity index (χ0v) is 13.0. The third-order valence-corrected chi connectivity index (χ3v) is 4.06. The molecule has 0 spiro atoms. The van der Waals surface area contributed by atoms with Crippen molar-refractivity contribution >= 4 is 0 Å². The highest BCUT2D eigenvalue weighted by Gasteiger charge is 2.20. The summed E-state index contributed by atoms with van der Waals surface area (Å²) in [6.07, 6.45) is 2.21. The van der Waals surface area contributed by atoms with E-state index in [-0.39, 0.29) is 6.04 Å². The molecule has 3 rings (SSSR count). The molecule has 0 amide bonds. The zero-order valence-electron chi connectivity index (χ0n) is 13.0. The van der Waals surface area contributed by atoms with E-state index in [0.29, 0.717) is 0 Å². The lowest BCUT2D eigenvalue weighted by Crippen LogP contribution is -2.22. The molecule has 1 atom stereocenters. The number of nitrogens with one attached hydrogen (secondary N) is 1. The number of furan rings is 1. The molecule has 21 heavy (non-hydrogen) atoms. The molecule has 3 nitrogen and oxygen atoms in total. The molecule has 1 aliphatic rings. The number of benzene rings is 1. The van der Waals surface area contributed by atoms with Gasteiger partial charge in [-0.15, -0.1) is 0 Å². The topological polar surface area (TPSA) is 34.4 Å². The number of ether oxygens (including phenoxy) is 1. The quantitative estimate of drug-likeness (QED) is 0.924. The summed E-state index contributed by atoms with van der Waals surface area (Å²) in [5.74, 6) is 3.00. The van der Waals surface area contributed by atoms with Gasteiger partial charge in [-0.25, -0.2) is 0 Å². The second-order valence-corrected chi connectivity index (χ2v) is 5.68. The first-order chi connectivity index (χ1) is 10.2. The van der Waals surface area contributed by atoms with Crippen LogP contribution in [0.3, 0.4) is 0 Å². The van der Waals surface area contributed by atoms with Crippen LogP contribution in [0.2, 0.25) is 0 Å². The summed E-state index contributed by atoms with van der Waals surface area (Å²) in [6, 6.07) is 8.87. The molecule has 1 aromatic heterocycles. The lowest BCUT2D eigenvalue weighted by molar-refractivity contribution is 0.288. The smallest absolute Gasteiger partial charge is 0.122 e. The van der Waals surface area contributed by atoms with E-state index in [4.69, 9.17) is 9.15 Å². The van der Waals surface area contributed by atoms with Crippen LogP contribution in [-0.4, -0.2) is 13.2 Å². The first-order valence-electron chi connectivity index (χ1n) is 7.75. The molecule has 0 saturated heterocycles. The summed E-state index contributed by atoms with van der Waals surface area (Å²) in [4.78, 5) is 0. The molecule has 0 bridgehead atoms. The second-order valence-electron chi connectivity index (χ2n) is 5.68. The molecule has 3 heteroatoms. The minimum Gasteiger partial charge on any atom is -0.493 e. The predicted molar refractivity (Wildman–Crippen MR) is 84.0 cm³/mol. The molecule has 0 aliphatic carbocycles. The van der Waals surface area contributed by atoms with Gasteiger partial charge in [0.2, 0.25) is 0 Å².